The Hall–Kier alpha value is -3.14. The fourth-order valence-electron chi connectivity index (χ4n) is 2.30. The molecule has 3 aromatic rings. The van der Waals surface area contributed by atoms with Crippen molar-refractivity contribution >= 4 is 17.1 Å². The second-order valence-corrected chi connectivity index (χ2v) is 5.81. The predicted octanol–water partition coefficient (Wildman–Crippen LogP) is 4.04. The van der Waals surface area contributed by atoms with Gasteiger partial charge in [-0.25, -0.2) is 4.39 Å². The summed E-state index contributed by atoms with van der Waals surface area (Å²) in [6.45, 7) is 0.116. The Morgan fingerprint density at radius 2 is 2.07 bits per heavy atom. The molecule has 2 heterocycles. The molecular formula is C18H16F4N4O2. The number of hydrogen-bond donors (Lipinski definition) is 2. The van der Waals surface area contributed by atoms with Gasteiger partial charge in [-0.2, -0.15) is 18.2 Å². The molecule has 0 saturated heterocycles. The van der Waals surface area contributed by atoms with Crippen molar-refractivity contribution in [2.24, 2.45) is 5.73 Å². The van der Waals surface area contributed by atoms with Crippen molar-refractivity contribution in [2.45, 2.75) is 12.7 Å². The summed E-state index contributed by atoms with van der Waals surface area (Å²) in [6, 6.07) is 7.42. The summed E-state index contributed by atoms with van der Waals surface area (Å²) in [4.78, 5) is 7.52. The molecule has 1 aromatic carbocycles. The summed E-state index contributed by atoms with van der Waals surface area (Å²) >= 11 is 0. The van der Waals surface area contributed by atoms with Gasteiger partial charge >= 0.3 is 6.18 Å². The van der Waals surface area contributed by atoms with E-state index in [-0.39, 0.29) is 25.7 Å². The third kappa shape index (κ3) is 4.77. The monoisotopic (exact) mass is 396 g/mol. The van der Waals surface area contributed by atoms with Crippen LogP contribution in [0.2, 0.25) is 0 Å². The Balaban J connectivity index is 1.68. The molecule has 3 rings (SSSR count). The molecule has 10 heteroatoms. The second kappa shape index (κ2) is 8.26. The molecule has 0 aliphatic carbocycles. The first kappa shape index (κ1) is 19.6. The lowest BCUT2D eigenvalue weighted by Gasteiger charge is -2.07. The highest BCUT2D eigenvalue weighted by molar-refractivity contribution is 5.76. The van der Waals surface area contributed by atoms with Crippen molar-refractivity contribution in [3.8, 4) is 5.75 Å². The van der Waals surface area contributed by atoms with Gasteiger partial charge in [-0.1, -0.05) is 0 Å². The molecule has 0 aliphatic heterocycles. The van der Waals surface area contributed by atoms with Crippen LogP contribution < -0.4 is 15.8 Å². The van der Waals surface area contributed by atoms with E-state index in [1.807, 2.05) is 0 Å². The van der Waals surface area contributed by atoms with Gasteiger partial charge in [-0.15, -0.1) is 0 Å². The number of benzene rings is 1. The number of hydrogen-bond acceptors (Lipinski definition) is 6. The summed E-state index contributed by atoms with van der Waals surface area (Å²) in [6.07, 6.45) is -3.01. The van der Waals surface area contributed by atoms with E-state index in [1.165, 1.54) is 6.07 Å². The number of anilines is 1. The highest BCUT2D eigenvalue weighted by atomic mass is 19.4. The zero-order valence-corrected chi connectivity index (χ0v) is 14.5. The van der Waals surface area contributed by atoms with Gasteiger partial charge in [0.25, 0.3) is 6.01 Å². The summed E-state index contributed by atoms with van der Waals surface area (Å²) in [7, 11) is 0. The lowest BCUT2D eigenvalue weighted by molar-refractivity contribution is -0.141. The fourth-order valence-corrected chi connectivity index (χ4v) is 2.30. The molecule has 0 bridgehead atoms. The van der Waals surface area contributed by atoms with Crippen molar-refractivity contribution in [3.05, 3.63) is 59.7 Å². The van der Waals surface area contributed by atoms with E-state index in [1.54, 1.807) is 18.2 Å². The number of aromatic nitrogens is 2. The highest BCUT2D eigenvalue weighted by Gasteiger charge is 2.32. The van der Waals surface area contributed by atoms with Crippen LogP contribution in [0.25, 0.3) is 11.1 Å². The van der Waals surface area contributed by atoms with Crippen molar-refractivity contribution < 1.29 is 26.7 Å². The molecule has 0 radical (unpaired) electrons. The predicted molar refractivity (Wildman–Crippen MR) is 94.3 cm³/mol. The van der Waals surface area contributed by atoms with E-state index >= 15 is 0 Å². The molecule has 0 atom stereocenters. The molecule has 0 spiro atoms. The lowest BCUT2D eigenvalue weighted by atomic mass is 10.2. The Morgan fingerprint density at radius 3 is 2.79 bits per heavy atom. The number of nitrogens with two attached hydrogens (primary N) is 1. The number of oxazole rings is 1. The van der Waals surface area contributed by atoms with Crippen LogP contribution in [0.1, 0.15) is 11.3 Å². The fraction of sp³-hybridized carbons (Fsp3) is 0.222. The number of halogens is 4. The minimum atomic E-state index is -4.51. The molecule has 0 saturated carbocycles. The summed E-state index contributed by atoms with van der Waals surface area (Å²) in [5.74, 6) is 0.437. The van der Waals surface area contributed by atoms with Gasteiger partial charge in [0.2, 0.25) is 0 Å². The standard InChI is InChI=1S/C18H16F4N4O2/c19-7-12(8-23)10-27-13-1-2-14-15(6-13)28-17(26-14)25-9-11-3-4-24-16(5-11)18(20,21)22/h1-7H,8-10,23H2,(H,25,26). The van der Waals surface area contributed by atoms with E-state index in [9.17, 15) is 17.6 Å². The van der Waals surface area contributed by atoms with Gasteiger partial charge in [0.15, 0.2) is 5.58 Å². The van der Waals surface area contributed by atoms with Crippen molar-refractivity contribution in [1.29, 1.82) is 0 Å². The average Bonchev–Trinajstić information content (AvgIpc) is 3.09. The van der Waals surface area contributed by atoms with Crippen LogP contribution >= 0.6 is 0 Å². The van der Waals surface area contributed by atoms with E-state index in [0.717, 1.165) is 12.3 Å². The molecular weight excluding hydrogens is 380 g/mol. The number of nitrogens with zero attached hydrogens (tertiary/aromatic N) is 2. The minimum Gasteiger partial charge on any atom is -0.489 e. The van der Waals surface area contributed by atoms with Crippen molar-refractivity contribution in [3.63, 3.8) is 0 Å². The second-order valence-electron chi connectivity index (χ2n) is 5.81. The number of ether oxygens (including phenoxy) is 1. The molecule has 6 nitrogen and oxygen atoms in total. The van der Waals surface area contributed by atoms with E-state index in [0.29, 0.717) is 34.3 Å². The Labute approximate surface area is 157 Å². The number of alkyl halides is 3. The first-order valence-electron chi connectivity index (χ1n) is 8.16. The average molecular weight is 396 g/mol. The van der Waals surface area contributed by atoms with Gasteiger partial charge in [0, 0.05) is 30.9 Å². The lowest BCUT2D eigenvalue weighted by Crippen LogP contribution is -2.10. The number of fused-ring (bicyclic) bond motifs is 1. The van der Waals surface area contributed by atoms with Gasteiger partial charge in [-0.3, -0.25) is 4.98 Å². The van der Waals surface area contributed by atoms with Crippen LogP contribution in [-0.4, -0.2) is 23.1 Å². The maximum Gasteiger partial charge on any atom is 0.433 e. The number of pyridine rings is 1. The number of nitrogens with one attached hydrogen (secondary N) is 1. The zero-order chi connectivity index (χ0) is 20.1. The molecule has 148 valence electrons. The normalized spacial score (nSPS) is 12.4. The summed E-state index contributed by atoms with van der Waals surface area (Å²) < 4.78 is 61.6. The molecule has 28 heavy (non-hydrogen) atoms. The topological polar surface area (TPSA) is 86.2 Å². The van der Waals surface area contributed by atoms with Crippen LogP contribution in [0.3, 0.4) is 0 Å². The van der Waals surface area contributed by atoms with E-state index in [4.69, 9.17) is 14.9 Å². The van der Waals surface area contributed by atoms with Gasteiger partial charge in [0.05, 0.1) is 6.33 Å². The van der Waals surface area contributed by atoms with Crippen LogP contribution in [0.5, 0.6) is 5.75 Å². The smallest absolute Gasteiger partial charge is 0.433 e. The van der Waals surface area contributed by atoms with Gasteiger partial charge in [-0.05, 0) is 29.8 Å². The van der Waals surface area contributed by atoms with Crippen LogP contribution in [0, 0.1) is 0 Å². The first-order valence-corrected chi connectivity index (χ1v) is 8.16. The SMILES string of the molecule is NCC(=CF)COc1ccc2nc(NCc3ccnc(C(F)(F)F)c3)oc2c1. The van der Waals surface area contributed by atoms with Gasteiger partial charge < -0.3 is 20.2 Å². The van der Waals surface area contributed by atoms with Gasteiger partial charge in [0.1, 0.15) is 23.6 Å². The van der Waals surface area contributed by atoms with Crippen LogP contribution in [0.4, 0.5) is 23.6 Å². The highest BCUT2D eigenvalue weighted by Crippen LogP contribution is 2.28. The van der Waals surface area contributed by atoms with Crippen molar-refractivity contribution in [2.75, 3.05) is 18.5 Å². The van der Waals surface area contributed by atoms with Crippen molar-refractivity contribution in [1.82, 2.24) is 9.97 Å². The summed E-state index contributed by atoms with van der Waals surface area (Å²) in [5, 5.41) is 2.83. The molecule has 0 unspecified atom stereocenters. The van der Waals surface area contributed by atoms with Crippen LogP contribution in [-0.2, 0) is 12.7 Å². The summed E-state index contributed by atoms with van der Waals surface area (Å²) in [5.41, 5.74) is 6.01. The molecule has 0 aliphatic rings. The first-order chi connectivity index (χ1) is 13.4. The molecule has 2 aromatic heterocycles. The maximum absolute atomic E-state index is 12.7. The quantitative estimate of drug-likeness (QED) is 0.586. The maximum atomic E-state index is 12.7. The molecule has 0 amide bonds. The van der Waals surface area contributed by atoms with E-state index < -0.39 is 11.9 Å². The molecule has 3 N–H and O–H groups in total. The van der Waals surface area contributed by atoms with Crippen LogP contribution in [0.15, 0.2) is 52.8 Å². The zero-order valence-electron chi connectivity index (χ0n) is 14.5. The number of rotatable bonds is 7. The van der Waals surface area contributed by atoms with E-state index in [2.05, 4.69) is 15.3 Å². The largest absolute Gasteiger partial charge is 0.489 e. The Kier molecular flexibility index (Phi) is 5.78. The Bertz CT molecular complexity index is 985. The third-order valence-electron chi connectivity index (χ3n) is 3.76. The minimum absolute atomic E-state index is 0.00132. The third-order valence-corrected chi connectivity index (χ3v) is 3.76. The Morgan fingerprint density at radius 1 is 1.25 bits per heavy atom. The molecule has 0 fully saturated rings.